The van der Waals surface area contributed by atoms with Gasteiger partial charge in [-0.25, -0.2) is 14.4 Å². The van der Waals surface area contributed by atoms with E-state index in [4.69, 9.17) is 4.98 Å². The highest BCUT2D eigenvalue weighted by molar-refractivity contribution is 5.97. The van der Waals surface area contributed by atoms with E-state index in [1.54, 1.807) is 24.5 Å². The maximum Gasteiger partial charge on any atom is 0.159 e. The van der Waals surface area contributed by atoms with Gasteiger partial charge in [-0.1, -0.05) is 0 Å². The number of nitrogens with zero attached hydrogens (tertiary/aromatic N) is 7. The normalized spacial score (nSPS) is 13.8. The maximum absolute atomic E-state index is 14.7. The van der Waals surface area contributed by atoms with Gasteiger partial charge in [-0.2, -0.15) is 5.10 Å². The summed E-state index contributed by atoms with van der Waals surface area (Å²) in [7, 11) is 4.07. The molecule has 0 spiro atoms. The van der Waals surface area contributed by atoms with Crippen molar-refractivity contribution in [3.05, 3.63) is 72.7 Å². The summed E-state index contributed by atoms with van der Waals surface area (Å²) in [5, 5.41) is 8.41. The predicted molar refractivity (Wildman–Crippen MR) is 154 cm³/mol. The minimum absolute atomic E-state index is 0.270. The average Bonchev–Trinajstić information content (AvgIpc) is 3.71. The first kappa shape index (κ1) is 24.3. The molecule has 6 aromatic rings. The molecule has 1 aromatic carbocycles. The lowest BCUT2D eigenvalue weighted by Gasteiger charge is -2.18. The van der Waals surface area contributed by atoms with E-state index in [0.717, 1.165) is 76.9 Å². The number of aromatic amines is 2. The zero-order chi connectivity index (χ0) is 27.2. The number of hydrogen-bond donors (Lipinski definition) is 2. The Labute approximate surface area is 230 Å². The van der Waals surface area contributed by atoms with Crippen LogP contribution in [0.15, 0.2) is 61.3 Å². The zero-order valence-electron chi connectivity index (χ0n) is 22.3. The van der Waals surface area contributed by atoms with Crippen LogP contribution in [-0.4, -0.2) is 67.2 Å². The highest BCUT2D eigenvalue weighted by Crippen LogP contribution is 2.34. The van der Waals surface area contributed by atoms with E-state index in [-0.39, 0.29) is 5.82 Å². The standard InChI is InChI=1S/C30H28FN9/c1-39(2)17-18-7-20(13-32-12-18)21-10-24-28(37-38-29(24)34-14-21)30-35-26-16-33-15-25(27(26)36-30)19-8-22(31)11-23(9-19)40-5-3-4-6-40/h7-16H,3-6,17H2,1-2H3,(H,35,36)(H,34,37,38). The van der Waals surface area contributed by atoms with Gasteiger partial charge in [-0.3, -0.25) is 15.1 Å². The van der Waals surface area contributed by atoms with Crippen LogP contribution in [0.3, 0.4) is 0 Å². The molecule has 0 radical (unpaired) electrons. The molecule has 7 rings (SSSR count). The largest absolute Gasteiger partial charge is 0.371 e. The molecule has 9 nitrogen and oxygen atoms in total. The summed E-state index contributed by atoms with van der Waals surface area (Å²) >= 11 is 0. The second-order valence-electron chi connectivity index (χ2n) is 10.6. The molecule has 0 amide bonds. The predicted octanol–water partition coefficient (Wildman–Crippen LogP) is 5.43. The van der Waals surface area contributed by atoms with Crippen molar-refractivity contribution in [2.24, 2.45) is 0 Å². The van der Waals surface area contributed by atoms with E-state index < -0.39 is 0 Å². The molecule has 1 aliphatic rings. The van der Waals surface area contributed by atoms with Crippen molar-refractivity contribution < 1.29 is 4.39 Å². The van der Waals surface area contributed by atoms with E-state index in [1.165, 1.54) is 0 Å². The summed E-state index contributed by atoms with van der Waals surface area (Å²) < 4.78 is 14.7. The lowest BCUT2D eigenvalue weighted by molar-refractivity contribution is 0.402. The molecular formula is C30H28FN9. The van der Waals surface area contributed by atoms with Crippen LogP contribution in [0.4, 0.5) is 10.1 Å². The molecule has 1 saturated heterocycles. The number of benzene rings is 1. The second-order valence-corrected chi connectivity index (χ2v) is 10.6. The topological polar surface area (TPSA) is 103 Å². The quantitative estimate of drug-likeness (QED) is 0.294. The fraction of sp³-hybridized carbons (Fsp3) is 0.233. The lowest BCUT2D eigenvalue weighted by atomic mass is 10.1. The molecule has 0 unspecified atom stereocenters. The Morgan fingerprint density at radius 3 is 2.58 bits per heavy atom. The first-order valence-corrected chi connectivity index (χ1v) is 13.3. The van der Waals surface area contributed by atoms with Crippen molar-refractivity contribution in [2.45, 2.75) is 19.4 Å². The van der Waals surface area contributed by atoms with Crippen molar-refractivity contribution in [1.29, 1.82) is 0 Å². The Bertz CT molecular complexity index is 1850. The molecule has 1 fully saturated rings. The Hall–Kier alpha value is -4.70. The number of rotatable bonds is 6. The SMILES string of the molecule is CN(C)Cc1cncc(-c2cnc3[nH]nc(-c4nc5c(-c6cc(F)cc(N7CCCC7)c6)cncc5[nH]4)c3c2)c1. The summed E-state index contributed by atoms with van der Waals surface area (Å²) in [5.41, 5.74) is 8.23. The van der Waals surface area contributed by atoms with Gasteiger partial charge in [0.2, 0.25) is 0 Å². The minimum Gasteiger partial charge on any atom is -0.371 e. The lowest BCUT2D eigenvalue weighted by Crippen LogP contribution is -2.17. The van der Waals surface area contributed by atoms with E-state index >= 15 is 0 Å². The van der Waals surface area contributed by atoms with Crippen molar-refractivity contribution in [3.8, 4) is 33.8 Å². The smallest absolute Gasteiger partial charge is 0.159 e. The van der Waals surface area contributed by atoms with Crippen LogP contribution in [0.1, 0.15) is 18.4 Å². The molecule has 0 atom stereocenters. The Kier molecular flexibility index (Phi) is 5.96. The molecule has 5 aromatic heterocycles. The molecule has 6 heterocycles. The summed E-state index contributed by atoms with van der Waals surface area (Å²) in [6.45, 7) is 2.68. The number of fused-ring (bicyclic) bond motifs is 2. The van der Waals surface area contributed by atoms with Gasteiger partial charge in [0, 0.05) is 66.8 Å². The van der Waals surface area contributed by atoms with E-state index in [9.17, 15) is 4.39 Å². The fourth-order valence-corrected chi connectivity index (χ4v) is 5.48. The number of aromatic nitrogens is 7. The Balaban J connectivity index is 1.30. The summed E-state index contributed by atoms with van der Waals surface area (Å²) in [4.78, 5) is 26.1. The van der Waals surface area contributed by atoms with Gasteiger partial charge in [0.05, 0.1) is 22.6 Å². The van der Waals surface area contributed by atoms with Crippen molar-refractivity contribution in [1.82, 2.24) is 40.0 Å². The van der Waals surface area contributed by atoms with E-state index in [1.807, 2.05) is 38.8 Å². The number of nitrogens with one attached hydrogen (secondary N) is 2. The average molecular weight is 534 g/mol. The Morgan fingerprint density at radius 1 is 0.900 bits per heavy atom. The summed E-state index contributed by atoms with van der Waals surface area (Å²) in [5.74, 6) is 0.318. The molecule has 40 heavy (non-hydrogen) atoms. The number of pyridine rings is 3. The summed E-state index contributed by atoms with van der Waals surface area (Å²) in [6, 6.07) is 9.36. The third-order valence-electron chi connectivity index (χ3n) is 7.33. The third-order valence-corrected chi connectivity index (χ3v) is 7.33. The van der Waals surface area contributed by atoms with Crippen LogP contribution in [0, 0.1) is 5.82 Å². The van der Waals surface area contributed by atoms with Gasteiger partial charge in [-0.05, 0) is 68.4 Å². The van der Waals surface area contributed by atoms with Crippen LogP contribution in [-0.2, 0) is 6.54 Å². The van der Waals surface area contributed by atoms with Gasteiger partial charge in [0.25, 0.3) is 0 Å². The van der Waals surface area contributed by atoms with Gasteiger partial charge in [-0.15, -0.1) is 0 Å². The van der Waals surface area contributed by atoms with Crippen LogP contribution < -0.4 is 4.90 Å². The van der Waals surface area contributed by atoms with Crippen LogP contribution in [0.5, 0.6) is 0 Å². The van der Waals surface area contributed by atoms with Crippen molar-refractivity contribution in [2.75, 3.05) is 32.1 Å². The van der Waals surface area contributed by atoms with Crippen molar-refractivity contribution in [3.63, 3.8) is 0 Å². The van der Waals surface area contributed by atoms with Gasteiger partial charge in [0.15, 0.2) is 11.5 Å². The van der Waals surface area contributed by atoms with Gasteiger partial charge in [0.1, 0.15) is 11.5 Å². The van der Waals surface area contributed by atoms with Crippen LogP contribution >= 0.6 is 0 Å². The third kappa shape index (κ3) is 4.46. The first-order valence-electron chi connectivity index (χ1n) is 13.3. The molecule has 200 valence electrons. The van der Waals surface area contributed by atoms with E-state index in [2.05, 4.69) is 52.1 Å². The number of H-pyrrole nitrogens is 2. The van der Waals surface area contributed by atoms with Crippen LogP contribution in [0.25, 0.3) is 55.8 Å². The second kappa shape index (κ2) is 9.80. The zero-order valence-corrected chi connectivity index (χ0v) is 22.3. The molecule has 1 aliphatic heterocycles. The first-order chi connectivity index (χ1) is 19.5. The minimum atomic E-state index is -0.270. The molecule has 2 N–H and O–H groups in total. The number of hydrogen-bond acceptors (Lipinski definition) is 7. The molecular weight excluding hydrogens is 505 g/mol. The molecule has 0 saturated carbocycles. The molecule has 0 bridgehead atoms. The number of halogens is 1. The molecule has 0 aliphatic carbocycles. The number of anilines is 1. The maximum atomic E-state index is 14.7. The van der Waals surface area contributed by atoms with Crippen molar-refractivity contribution >= 4 is 27.8 Å². The van der Waals surface area contributed by atoms with Gasteiger partial charge < -0.3 is 14.8 Å². The Morgan fingerprint density at radius 2 is 1.73 bits per heavy atom. The fourth-order valence-electron chi connectivity index (χ4n) is 5.48. The highest BCUT2D eigenvalue weighted by Gasteiger charge is 2.19. The summed E-state index contributed by atoms with van der Waals surface area (Å²) in [6.07, 6.45) is 11.3. The van der Waals surface area contributed by atoms with Gasteiger partial charge >= 0.3 is 0 Å². The number of imidazole rings is 1. The highest BCUT2D eigenvalue weighted by atomic mass is 19.1. The monoisotopic (exact) mass is 533 g/mol. The van der Waals surface area contributed by atoms with Crippen LogP contribution in [0.2, 0.25) is 0 Å². The molecule has 10 heteroatoms. The van der Waals surface area contributed by atoms with E-state index in [0.29, 0.717) is 22.7 Å².